The SMILES string of the molecule is [Li+].[c-]1cccc(OCc2ccc3ccccc3c2)c1. The first-order chi connectivity index (χ1) is 8.92. The third-order valence-corrected chi connectivity index (χ3v) is 2.90. The Bertz CT molecular complexity index is 649. The number of rotatable bonds is 3. The summed E-state index contributed by atoms with van der Waals surface area (Å²) in [4.78, 5) is 0. The van der Waals surface area contributed by atoms with Gasteiger partial charge in [-0.05, 0) is 22.4 Å². The summed E-state index contributed by atoms with van der Waals surface area (Å²) in [6.07, 6.45) is 0. The fourth-order valence-electron chi connectivity index (χ4n) is 1.96. The zero-order chi connectivity index (χ0) is 12.2. The Morgan fingerprint density at radius 3 is 2.53 bits per heavy atom. The molecule has 0 saturated carbocycles. The van der Waals surface area contributed by atoms with Crippen molar-refractivity contribution in [1.29, 1.82) is 0 Å². The van der Waals surface area contributed by atoms with E-state index in [0.29, 0.717) is 6.61 Å². The number of fused-ring (bicyclic) bond motifs is 1. The van der Waals surface area contributed by atoms with Crippen LogP contribution in [0.4, 0.5) is 0 Å². The van der Waals surface area contributed by atoms with Crippen LogP contribution in [-0.4, -0.2) is 0 Å². The molecule has 0 atom stereocenters. The van der Waals surface area contributed by atoms with Crippen LogP contribution >= 0.6 is 0 Å². The van der Waals surface area contributed by atoms with Gasteiger partial charge in [-0.1, -0.05) is 36.4 Å². The Balaban J connectivity index is 0.00000133. The first kappa shape index (κ1) is 13.7. The van der Waals surface area contributed by atoms with Crippen LogP contribution in [0.1, 0.15) is 5.56 Å². The van der Waals surface area contributed by atoms with Crippen molar-refractivity contribution < 1.29 is 23.6 Å². The van der Waals surface area contributed by atoms with Crippen LogP contribution in [0.15, 0.2) is 66.7 Å². The molecule has 0 amide bonds. The maximum absolute atomic E-state index is 5.71. The van der Waals surface area contributed by atoms with Crippen LogP contribution in [0, 0.1) is 6.07 Å². The van der Waals surface area contributed by atoms with Crippen molar-refractivity contribution in [2.24, 2.45) is 0 Å². The van der Waals surface area contributed by atoms with Crippen molar-refractivity contribution in [2.75, 3.05) is 0 Å². The first-order valence-electron chi connectivity index (χ1n) is 5.98. The minimum atomic E-state index is 0. The molecule has 0 heterocycles. The fourth-order valence-corrected chi connectivity index (χ4v) is 1.96. The molecule has 3 aromatic carbocycles. The van der Waals surface area contributed by atoms with E-state index in [4.69, 9.17) is 4.74 Å². The van der Waals surface area contributed by atoms with Gasteiger partial charge in [0.15, 0.2) is 0 Å². The van der Waals surface area contributed by atoms with Crippen molar-refractivity contribution in [3.63, 3.8) is 0 Å². The smallest absolute Gasteiger partial charge is 0.547 e. The number of ether oxygens (including phenoxy) is 1. The Hall–Kier alpha value is -1.68. The summed E-state index contributed by atoms with van der Waals surface area (Å²) in [6, 6.07) is 25.3. The average molecular weight is 240 g/mol. The molecule has 0 spiro atoms. The second kappa shape index (κ2) is 6.47. The van der Waals surface area contributed by atoms with E-state index in [-0.39, 0.29) is 18.9 Å². The van der Waals surface area contributed by atoms with E-state index in [2.05, 4.69) is 48.5 Å². The predicted octanol–water partition coefficient (Wildman–Crippen LogP) is 1.22. The molecular weight excluding hydrogens is 227 g/mol. The molecule has 1 nitrogen and oxygen atoms in total. The van der Waals surface area contributed by atoms with Crippen LogP contribution in [-0.2, 0) is 6.61 Å². The van der Waals surface area contributed by atoms with Gasteiger partial charge in [-0.2, -0.15) is 18.2 Å². The second-order valence-corrected chi connectivity index (χ2v) is 4.21. The Morgan fingerprint density at radius 2 is 1.74 bits per heavy atom. The normalized spacial score (nSPS) is 9.89. The molecule has 2 heteroatoms. The minimum Gasteiger partial charge on any atom is -0.547 e. The molecule has 0 aromatic heterocycles. The van der Waals surface area contributed by atoms with Gasteiger partial charge in [0.25, 0.3) is 0 Å². The van der Waals surface area contributed by atoms with Gasteiger partial charge < -0.3 is 4.74 Å². The molecule has 0 saturated heterocycles. The molecule has 0 aliphatic rings. The van der Waals surface area contributed by atoms with Crippen molar-refractivity contribution in [3.05, 3.63) is 78.4 Å². The summed E-state index contributed by atoms with van der Waals surface area (Å²) in [5.41, 5.74) is 1.18. The van der Waals surface area contributed by atoms with Gasteiger partial charge in [0.2, 0.25) is 0 Å². The van der Waals surface area contributed by atoms with Gasteiger partial charge in [0.1, 0.15) is 0 Å². The summed E-state index contributed by atoms with van der Waals surface area (Å²) in [5, 5.41) is 2.51. The van der Waals surface area contributed by atoms with Gasteiger partial charge in [-0.25, -0.2) is 0 Å². The molecule has 0 N–H and O–H groups in total. The van der Waals surface area contributed by atoms with Crippen LogP contribution in [0.3, 0.4) is 0 Å². The van der Waals surface area contributed by atoms with Crippen molar-refractivity contribution in [1.82, 2.24) is 0 Å². The Morgan fingerprint density at radius 1 is 0.895 bits per heavy atom. The van der Waals surface area contributed by atoms with Gasteiger partial charge in [0.05, 0.1) is 6.61 Å². The quantitative estimate of drug-likeness (QED) is 0.494. The second-order valence-electron chi connectivity index (χ2n) is 4.21. The van der Waals surface area contributed by atoms with Gasteiger partial charge in [-0.3, -0.25) is 0 Å². The summed E-state index contributed by atoms with van der Waals surface area (Å²) < 4.78 is 5.71. The first-order valence-corrected chi connectivity index (χ1v) is 5.98. The summed E-state index contributed by atoms with van der Waals surface area (Å²) in [6.45, 7) is 0.586. The van der Waals surface area contributed by atoms with E-state index < -0.39 is 0 Å². The largest absolute Gasteiger partial charge is 1.00 e. The standard InChI is InChI=1S/C17H13O.Li/c1-2-8-17(9-3-1)18-13-14-10-11-15-6-4-5-7-16(15)12-14;/h1-2,4-12H,13H2;/q-1;+1. The third-order valence-electron chi connectivity index (χ3n) is 2.90. The fraction of sp³-hybridized carbons (Fsp3) is 0.0588. The molecule has 0 unspecified atom stereocenters. The molecular formula is C17H13LiO. The topological polar surface area (TPSA) is 9.23 Å². The third kappa shape index (κ3) is 3.41. The molecule has 0 bridgehead atoms. The van der Waals surface area contributed by atoms with E-state index >= 15 is 0 Å². The molecule has 0 radical (unpaired) electrons. The zero-order valence-electron chi connectivity index (χ0n) is 11.0. The van der Waals surface area contributed by atoms with Gasteiger partial charge in [0, 0.05) is 5.75 Å². The van der Waals surface area contributed by atoms with Crippen LogP contribution in [0.25, 0.3) is 10.8 Å². The molecule has 19 heavy (non-hydrogen) atoms. The van der Waals surface area contributed by atoms with E-state index in [1.54, 1.807) is 0 Å². The van der Waals surface area contributed by atoms with E-state index in [0.717, 1.165) is 5.75 Å². The van der Waals surface area contributed by atoms with Gasteiger partial charge in [-0.15, -0.1) is 12.1 Å². The monoisotopic (exact) mass is 240 g/mol. The molecule has 3 rings (SSSR count). The van der Waals surface area contributed by atoms with E-state index in [1.165, 1.54) is 16.3 Å². The molecule has 0 fully saturated rings. The van der Waals surface area contributed by atoms with Crippen LogP contribution < -0.4 is 23.6 Å². The van der Waals surface area contributed by atoms with E-state index in [9.17, 15) is 0 Å². The van der Waals surface area contributed by atoms with E-state index in [1.807, 2.05) is 24.3 Å². The maximum Gasteiger partial charge on any atom is 1.00 e. The summed E-state index contributed by atoms with van der Waals surface area (Å²) in [5.74, 6) is 0.852. The predicted molar refractivity (Wildman–Crippen MR) is 73.6 cm³/mol. The minimum absolute atomic E-state index is 0. The van der Waals surface area contributed by atoms with Gasteiger partial charge >= 0.3 is 18.9 Å². The number of benzene rings is 3. The number of hydrogen-bond acceptors (Lipinski definition) is 1. The molecule has 88 valence electrons. The molecule has 0 aliphatic heterocycles. The number of hydrogen-bond donors (Lipinski definition) is 0. The van der Waals surface area contributed by atoms with Crippen LogP contribution in [0.2, 0.25) is 0 Å². The van der Waals surface area contributed by atoms with Crippen molar-refractivity contribution in [3.8, 4) is 5.75 Å². The Labute approximate surface area is 125 Å². The summed E-state index contributed by atoms with van der Waals surface area (Å²) in [7, 11) is 0. The molecule has 0 aliphatic carbocycles. The molecule has 3 aromatic rings. The van der Waals surface area contributed by atoms with Crippen molar-refractivity contribution >= 4 is 10.8 Å². The summed E-state index contributed by atoms with van der Waals surface area (Å²) >= 11 is 0. The average Bonchev–Trinajstić information content (AvgIpc) is 2.46. The zero-order valence-corrected chi connectivity index (χ0v) is 11.0. The maximum atomic E-state index is 5.71. The van der Waals surface area contributed by atoms with Crippen LogP contribution in [0.5, 0.6) is 5.75 Å². The Kier molecular flexibility index (Phi) is 4.68. The van der Waals surface area contributed by atoms with Crippen molar-refractivity contribution in [2.45, 2.75) is 6.61 Å².